The largest absolute Gasteiger partial charge is 0.481 e. The lowest BCUT2D eigenvalue weighted by Gasteiger charge is -2.30. The van der Waals surface area contributed by atoms with Crippen LogP contribution in [0.15, 0.2) is 0 Å². The minimum atomic E-state index is -0.857. The molecule has 0 aliphatic heterocycles. The van der Waals surface area contributed by atoms with Crippen molar-refractivity contribution < 1.29 is 19.4 Å². The molecule has 0 radical (unpaired) electrons. The molecule has 0 aromatic heterocycles. The van der Waals surface area contributed by atoms with Crippen LogP contribution in [0.25, 0.3) is 0 Å². The molecule has 1 fully saturated rings. The molecule has 1 saturated carbocycles. The van der Waals surface area contributed by atoms with Crippen molar-refractivity contribution in [2.24, 2.45) is 11.8 Å². The molecule has 1 N–H and O–H groups in total. The molecule has 1 aliphatic rings. The summed E-state index contributed by atoms with van der Waals surface area (Å²) < 4.78 is 5.03. The van der Waals surface area contributed by atoms with Gasteiger partial charge in [0, 0.05) is 19.7 Å². The molecule has 18 heavy (non-hydrogen) atoms. The van der Waals surface area contributed by atoms with Crippen molar-refractivity contribution in [3.63, 3.8) is 0 Å². The summed E-state index contributed by atoms with van der Waals surface area (Å²) in [7, 11) is 1.60. The Morgan fingerprint density at radius 3 is 2.33 bits per heavy atom. The maximum absolute atomic E-state index is 12.3. The van der Waals surface area contributed by atoms with Gasteiger partial charge in [-0.25, -0.2) is 0 Å². The summed E-state index contributed by atoms with van der Waals surface area (Å²) in [5.41, 5.74) is 0. The van der Waals surface area contributed by atoms with Gasteiger partial charge in [-0.05, 0) is 19.3 Å². The normalized spacial score (nSPS) is 22.0. The molecule has 104 valence electrons. The summed E-state index contributed by atoms with van der Waals surface area (Å²) >= 11 is 0. The number of nitrogens with zero attached hydrogens (tertiary/aromatic N) is 1. The number of carboxylic acids is 1. The van der Waals surface area contributed by atoms with Crippen LogP contribution in [-0.2, 0) is 14.3 Å². The fraction of sp³-hybridized carbons (Fsp3) is 0.846. The summed E-state index contributed by atoms with van der Waals surface area (Å²) in [6.45, 7) is 5.13. The monoisotopic (exact) mass is 257 g/mol. The van der Waals surface area contributed by atoms with Gasteiger partial charge < -0.3 is 14.7 Å². The molecule has 1 aliphatic carbocycles. The van der Waals surface area contributed by atoms with Crippen molar-refractivity contribution in [1.82, 2.24) is 4.90 Å². The number of ether oxygens (including phenoxy) is 1. The van der Waals surface area contributed by atoms with E-state index < -0.39 is 11.9 Å². The fourth-order valence-corrected chi connectivity index (χ4v) is 2.35. The molecule has 0 spiro atoms. The Morgan fingerprint density at radius 1 is 1.33 bits per heavy atom. The fourth-order valence-electron chi connectivity index (χ4n) is 2.35. The molecule has 0 heterocycles. The van der Waals surface area contributed by atoms with Gasteiger partial charge in [0.05, 0.1) is 18.4 Å². The lowest BCUT2D eigenvalue weighted by atomic mass is 10.1. The third-order valence-electron chi connectivity index (χ3n) is 3.63. The number of methoxy groups -OCH3 is 1. The molecule has 0 aromatic rings. The van der Waals surface area contributed by atoms with Gasteiger partial charge in [-0.3, -0.25) is 9.59 Å². The van der Waals surface area contributed by atoms with Gasteiger partial charge >= 0.3 is 5.97 Å². The molecule has 1 rings (SSSR count). The number of carbonyl (C=O) groups excluding carboxylic acids is 1. The van der Waals surface area contributed by atoms with Crippen LogP contribution in [0.3, 0.4) is 0 Å². The molecule has 2 atom stereocenters. The maximum Gasteiger partial charge on any atom is 0.307 e. The van der Waals surface area contributed by atoms with E-state index in [2.05, 4.69) is 0 Å². The first kappa shape index (κ1) is 15.0. The van der Waals surface area contributed by atoms with Gasteiger partial charge in [0.25, 0.3) is 0 Å². The van der Waals surface area contributed by atoms with Crippen molar-refractivity contribution in [3.05, 3.63) is 0 Å². The summed E-state index contributed by atoms with van der Waals surface area (Å²) in [4.78, 5) is 24.9. The second-order valence-corrected chi connectivity index (χ2v) is 4.78. The van der Waals surface area contributed by atoms with Gasteiger partial charge in [0.15, 0.2) is 0 Å². The zero-order chi connectivity index (χ0) is 13.7. The summed E-state index contributed by atoms with van der Waals surface area (Å²) in [5.74, 6) is -1.67. The van der Waals surface area contributed by atoms with Crippen LogP contribution in [0.2, 0.25) is 0 Å². The van der Waals surface area contributed by atoms with Crippen molar-refractivity contribution in [2.75, 3.05) is 20.3 Å². The van der Waals surface area contributed by atoms with Crippen LogP contribution < -0.4 is 0 Å². The van der Waals surface area contributed by atoms with E-state index in [1.807, 2.05) is 13.8 Å². The van der Waals surface area contributed by atoms with E-state index in [0.29, 0.717) is 19.6 Å². The smallest absolute Gasteiger partial charge is 0.307 e. The average molecular weight is 257 g/mol. The van der Waals surface area contributed by atoms with Crippen LogP contribution in [0.4, 0.5) is 0 Å². The highest BCUT2D eigenvalue weighted by atomic mass is 16.5. The zero-order valence-corrected chi connectivity index (χ0v) is 11.4. The number of hydrogen-bond acceptors (Lipinski definition) is 3. The lowest BCUT2D eigenvalue weighted by molar-refractivity contribution is -0.143. The Bertz CT molecular complexity index is 301. The van der Waals surface area contributed by atoms with Gasteiger partial charge in [0.1, 0.15) is 0 Å². The topological polar surface area (TPSA) is 66.8 Å². The minimum Gasteiger partial charge on any atom is -0.481 e. The minimum absolute atomic E-state index is 0.0202. The molecule has 0 aromatic carbocycles. The molecule has 0 unspecified atom stereocenters. The zero-order valence-electron chi connectivity index (χ0n) is 11.4. The Kier molecular flexibility index (Phi) is 5.59. The van der Waals surface area contributed by atoms with Crippen LogP contribution in [0.5, 0.6) is 0 Å². The van der Waals surface area contributed by atoms with Crippen molar-refractivity contribution in [1.29, 1.82) is 0 Å². The number of carbonyl (C=O) groups is 2. The quantitative estimate of drug-likeness (QED) is 0.713. The highest BCUT2D eigenvalue weighted by molar-refractivity contribution is 5.89. The van der Waals surface area contributed by atoms with E-state index in [1.165, 1.54) is 0 Å². The van der Waals surface area contributed by atoms with E-state index in [4.69, 9.17) is 9.84 Å². The first-order chi connectivity index (χ1) is 8.56. The summed E-state index contributed by atoms with van der Waals surface area (Å²) in [5, 5.41) is 8.89. The van der Waals surface area contributed by atoms with Gasteiger partial charge in [-0.15, -0.1) is 0 Å². The number of aliphatic carboxylic acids is 1. The Morgan fingerprint density at radius 2 is 1.94 bits per heavy atom. The summed E-state index contributed by atoms with van der Waals surface area (Å²) in [6, 6.07) is 0.183. The third kappa shape index (κ3) is 3.45. The second kappa shape index (κ2) is 6.73. The van der Waals surface area contributed by atoms with Crippen LogP contribution in [0.1, 0.15) is 33.1 Å². The molecule has 1 amide bonds. The van der Waals surface area contributed by atoms with Crippen molar-refractivity contribution in [2.45, 2.75) is 39.2 Å². The van der Waals surface area contributed by atoms with Crippen LogP contribution >= 0.6 is 0 Å². The molecule has 0 bridgehead atoms. The van der Waals surface area contributed by atoms with E-state index in [-0.39, 0.29) is 17.9 Å². The van der Waals surface area contributed by atoms with Gasteiger partial charge in [-0.2, -0.15) is 0 Å². The third-order valence-corrected chi connectivity index (χ3v) is 3.63. The second-order valence-electron chi connectivity index (χ2n) is 4.78. The van der Waals surface area contributed by atoms with E-state index in [9.17, 15) is 9.59 Å². The average Bonchev–Trinajstić information content (AvgIpc) is 3.14. The highest BCUT2D eigenvalue weighted by Gasteiger charge is 2.50. The first-order valence-electron chi connectivity index (χ1n) is 6.58. The van der Waals surface area contributed by atoms with Crippen molar-refractivity contribution >= 4 is 11.9 Å². The molecule has 5 nitrogen and oxygen atoms in total. The Balaban J connectivity index is 2.64. The van der Waals surface area contributed by atoms with E-state index >= 15 is 0 Å². The molecular weight excluding hydrogens is 234 g/mol. The van der Waals surface area contributed by atoms with Crippen LogP contribution in [0, 0.1) is 11.8 Å². The van der Waals surface area contributed by atoms with Gasteiger partial charge in [-0.1, -0.05) is 13.8 Å². The van der Waals surface area contributed by atoms with Crippen LogP contribution in [-0.4, -0.2) is 48.2 Å². The number of carboxylic acid groups (broad SMARTS) is 1. The van der Waals surface area contributed by atoms with Gasteiger partial charge in [0.2, 0.25) is 5.91 Å². The molecule has 0 saturated heterocycles. The Labute approximate surface area is 108 Å². The SMILES string of the molecule is CCC(CC)N(CCOC)C(=O)[C@H]1C[C@H]1C(=O)O. The number of hydrogen-bond donors (Lipinski definition) is 1. The standard InChI is InChI=1S/C13H23NO4/c1-4-9(5-2)14(6-7-18-3)12(15)10-8-11(10)13(16)17/h9-11H,4-8H2,1-3H3,(H,16,17)/t10-,11+/m0/s1. The Hall–Kier alpha value is -1.10. The highest BCUT2D eigenvalue weighted by Crippen LogP contribution is 2.40. The number of amides is 1. The predicted octanol–water partition coefficient (Wildman–Crippen LogP) is 1.37. The number of rotatable bonds is 8. The van der Waals surface area contributed by atoms with E-state index in [1.54, 1.807) is 12.0 Å². The molecule has 5 heteroatoms. The first-order valence-corrected chi connectivity index (χ1v) is 6.58. The predicted molar refractivity (Wildman–Crippen MR) is 67.2 cm³/mol. The lowest BCUT2D eigenvalue weighted by Crippen LogP contribution is -2.43. The molecular formula is C13H23NO4. The van der Waals surface area contributed by atoms with Crippen molar-refractivity contribution in [3.8, 4) is 0 Å². The summed E-state index contributed by atoms with van der Waals surface area (Å²) in [6.07, 6.45) is 2.25. The maximum atomic E-state index is 12.3. The van der Waals surface area contributed by atoms with E-state index in [0.717, 1.165) is 12.8 Å².